The lowest BCUT2D eigenvalue weighted by Crippen LogP contribution is -2.42. The molecule has 3 N–H and O–H groups in total. The first-order chi connectivity index (χ1) is 15.4. The van der Waals surface area contributed by atoms with E-state index in [1.165, 1.54) is 44.9 Å². The zero-order valence-corrected chi connectivity index (χ0v) is 20.6. The Bertz CT molecular complexity index is 782. The van der Waals surface area contributed by atoms with E-state index in [2.05, 4.69) is 24.5 Å². The van der Waals surface area contributed by atoms with Crippen LogP contribution >= 0.6 is 11.6 Å². The number of amides is 1. The number of aryl methyl sites for hydroxylation is 1. The van der Waals surface area contributed by atoms with Gasteiger partial charge in [0.1, 0.15) is 0 Å². The van der Waals surface area contributed by atoms with Gasteiger partial charge in [0.15, 0.2) is 0 Å². The number of halogens is 1. The summed E-state index contributed by atoms with van der Waals surface area (Å²) in [5.74, 6) is 3.09. The molecule has 0 radical (unpaired) electrons. The van der Waals surface area contributed by atoms with Crippen molar-refractivity contribution in [2.75, 3.05) is 19.7 Å². The highest BCUT2D eigenvalue weighted by Gasteiger charge is 2.47. The normalized spacial score (nSPS) is 29.8. The van der Waals surface area contributed by atoms with E-state index in [1.54, 1.807) is 0 Å². The number of aliphatic hydroxyl groups excluding tert-OH is 1. The molecule has 3 atom stereocenters. The number of carbonyl (C=O) groups excluding carboxylic acids is 1. The van der Waals surface area contributed by atoms with Crippen LogP contribution in [0.5, 0.6) is 0 Å². The quantitative estimate of drug-likeness (QED) is 0.420. The Morgan fingerprint density at radius 3 is 2.59 bits per heavy atom. The van der Waals surface area contributed by atoms with Crippen LogP contribution in [0.1, 0.15) is 81.1 Å². The molecule has 0 aliphatic heterocycles. The second-order valence-corrected chi connectivity index (χ2v) is 11.7. The molecule has 4 aliphatic carbocycles. The minimum atomic E-state index is -0.0248. The third kappa shape index (κ3) is 5.69. The summed E-state index contributed by atoms with van der Waals surface area (Å²) in [7, 11) is 0. The standard InChI is InChI=1S/C27H41ClN2O2/c1-18(2)25(16-31)29-9-3-4-19-5-6-24(28)23(13-19)26(32)30-17-27-8-7-20-10-21(14-27)12-22(11-20)15-27/h5-6,13,18,20-22,25,29,31H,3-4,7-12,14-17H2,1-2H3,(H,30,32). The molecule has 3 unspecified atom stereocenters. The average Bonchev–Trinajstić information content (AvgIpc) is 2.96. The van der Waals surface area contributed by atoms with Gasteiger partial charge in [-0.3, -0.25) is 4.79 Å². The maximum Gasteiger partial charge on any atom is 0.252 e. The topological polar surface area (TPSA) is 61.4 Å². The molecule has 4 nitrogen and oxygen atoms in total. The molecular formula is C27H41ClN2O2. The van der Waals surface area contributed by atoms with E-state index in [0.29, 0.717) is 21.9 Å². The van der Waals surface area contributed by atoms with Crippen LogP contribution in [0, 0.1) is 29.1 Å². The van der Waals surface area contributed by atoms with Crippen molar-refractivity contribution in [3.8, 4) is 0 Å². The maximum absolute atomic E-state index is 13.1. The fourth-order valence-electron chi connectivity index (χ4n) is 6.88. The van der Waals surface area contributed by atoms with Gasteiger partial charge in [0.25, 0.3) is 5.91 Å². The van der Waals surface area contributed by atoms with Gasteiger partial charge in [0.05, 0.1) is 17.2 Å². The van der Waals surface area contributed by atoms with Crippen molar-refractivity contribution >= 4 is 17.5 Å². The number of hydrogen-bond acceptors (Lipinski definition) is 3. The van der Waals surface area contributed by atoms with Crippen molar-refractivity contribution < 1.29 is 9.90 Å². The zero-order valence-electron chi connectivity index (χ0n) is 19.8. The Balaban J connectivity index is 1.32. The first-order valence-corrected chi connectivity index (χ1v) is 13.2. The fraction of sp³-hybridized carbons (Fsp3) is 0.741. The van der Waals surface area contributed by atoms with E-state index < -0.39 is 0 Å². The predicted molar refractivity (Wildman–Crippen MR) is 131 cm³/mol. The van der Waals surface area contributed by atoms with Crippen molar-refractivity contribution in [3.05, 3.63) is 34.3 Å². The first-order valence-electron chi connectivity index (χ1n) is 12.8. The minimum absolute atomic E-state index is 0.0248. The summed E-state index contributed by atoms with van der Waals surface area (Å²) in [5.41, 5.74) is 2.05. The highest BCUT2D eigenvalue weighted by Crippen LogP contribution is 2.56. The second-order valence-electron chi connectivity index (χ2n) is 11.3. The highest BCUT2D eigenvalue weighted by atomic mass is 35.5. The van der Waals surface area contributed by atoms with E-state index in [0.717, 1.165) is 49.2 Å². The molecule has 178 valence electrons. The molecule has 4 aliphatic rings. The van der Waals surface area contributed by atoms with Gasteiger partial charge in [-0.1, -0.05) is 31.5 Å². The van der Waals surface area contributed by atoms with Crippen molar-refractivity contribution in [1.29, 1.82) is 0 Å². The lowest BCUT2D eigenvalue weighted by Gasteiger charge is -2.45. The monoisotopic (exact) mass is 460 g/mol. The Labute approximate surface area is 198 Å². The highest BCUT2D eigenvalue weighted by molar-refractivity contribution is 6.33. The van der Waals surface area contributed by atoms with E-state index in [4.69, 9.17) is 11.6 Å². The molecule has 32 heavy (non-hydrogen) atoms. The van der Waals surface area contributed by atoms with Crippen LogP contribution < -0.4 is 10.6 Å². The summed E-state index contributed by atoms with van der Waals surface area (Å²) in [6.45, 7) is 6.03. The van der Waals surface area contributed by atoms with Gasteiger partial charge in [-0.15, -0.1) is 0 Å². The SMILES string of the molecule is CC(C)C(CO)NCCCc1ccc(Cl)c(C(=O)NCC23CCC4CC(CC(C4)C2)C3)c1. The summed E-state index contributed by atoms with van der Waals surface area (Å²) in [5, 5.41) is 16.7. The predicted octanol–water partition coefficient (Wildman–Crippen LogP) is 5.22. The molecule has 5 rings (SSSR count). The maximum atomic E-state index is 13.1. The van der Waals surface area contributed by atoms with Crippen molar-refractivity contribution in [2.24, 2.45) is 29.1 Å². The number of aliphatic hydroxyl groups is 1. The molecule has 0 heterocycles. The van der Waals surface area contributed by atoms with Gasteiger partial charge in [-0.25, -0.2) is 0 Å². The molecule has 4 bridgehead atoms. The summed E-state index contributed by atoms with van der Waals surface area (Å²) in [6.07, 6.45) is 11.3. The number of hydrogen-bond donors (Lipinski definition) is 3. The lowest BCUT2D eigenvalue weighted by atomic mass is 9.61. The van der Waals surface area contributed by atoms with E-state index in [9.17, 15) is 9.90 Å². The third-order valence-corrected chi connectivity index (χ3v) is 8.81. The van der Waals surface area contributed by atoms with Crippen LogP contribution in [0.25, 0.3) is 0 Å². The van der Waals surface area contributed by atoms with Crippen LogP contribution in [-0.2, 0) is 6.42 Å². The summed E-state index contributed by atoms with van der Waals surface area (Å²) in [6, 6.07) is 5.98. The van der Waals surface area contributed by atoms with Gasteiger partial charge in [0, 0.05) is 12.6 Å². The van der Waals surface area contributed by atoms with Gasteiger partial charge < -0.3 is 15.7 Å². The van der Waals surface area contributed by atoms with Crippen LogP contribution in [0.15, 0.2) is 18.2 Å². The molecule has 1 aromatic carbocycles. The van der Waals surface area contributed by atoms with E-state index >= 15 is 0 Å². The molecule has 4 saturated carbocycles. The Kier molecular flexibility index (Phi) is 7.85. The van der Waals surface area contributed by atoms with Crippen LogP contribution in [-0.4, -0.2) is 36.8 Å². The average molecular weight is 461 g/mol. The van der Waals surface area contributed by atoms with E-state index in [-0.39, 0.29) is 18.6 Å². The van der Waals surface area contributed by atoms with Crippen LogP contribution in [0.3, 0.4) is 0 Å². The molecule has 1 aromatic rings. The van der Waals surface area contributed by atoms with E-state index in [1.807, 2.05) is 18.2 Å². The number of benzene rings is 1. The molecule has 0 saturated heterocycles. The number of carbonyl (C=O) groups is 1. The number of fused-ring (bicyclic) bond motifs is 1. The Morgan fingerprint density at radius 2 is 1.91 bits per heavy atom. The molecule has 1 amide bonds. The molecule has 0 spiro atoms. The third-order valence-electron chi connectivity index (χ3n) is 8.48. The molecule has 0 aromatic heterocycles. The van der Waals surface area contributed by atoms with Crippen LogP contribution in [0.4, 0.5) is 0 Å². The van der Waals surface area contributed by atoms with Gasteiger partial charge in [0.2, 0.25) is 0 Å². The summed E-state index contributed by atoms with van der Waals surface area (Å²) >= 11 is 6.43. The summed E-state index contributed by atoms with van der Waals surface area (Å²) < 4.78 is 0. The molecule has 5 heteroatoms. The van der Waals surface area contributed by atoms with Gasteiger partial charge in [-0.2, -0.15) is 0 Å². The van der Waals surface area contributed by atoms with Gasteiger partial charge >= 0.3 is 0 Å². The number of nitrogens with one attached hydrogen (secondary N) is 2. The Hall–Kier alpha value is -1.10. The minimum Gasteiger partial charge on any atom is -0.395 e. The first kappa shape index (κ1) is 24.0. The molecular weight excluding hydrogens is 420 g/mol. The van der Waals surface area contributed by atoms with Gasteiger partial charge in [-0.05, 0) is 111 Å². The second kappa shape index (κ2) is 10.4. The lowest BCUT2D eigenvalue weighted by molar-refractivity contribution is 0.0614. The molecule has 4 fully saturated rings. The smallest absolute Gasteiger partial charge is 0.252 e. The summed E-state index contributed by atoms with van der Waals surface area (Å²) in [4.78, 5) is 13.1. The number of rotatable bonds is 10. The zero-order chi connectivity index (χ0) is 22.7. The largest absolute Gasteiger partial charge is 0.395 e. The van der Waals surface area contributed by atoms with Crippen molar-refractivity contribution in [2.45, 2.75) is 77.7 Å². The van der Waals surface area contributed by atoms with Crippen molar-refractivity contribution in [3.63, 3.8) is 0 Å². The van der Waals surface area contributed by atoms with Crippen molar-refractivity contribution in [1.82, 2.24) is 10.6 Å². The fourth-order valence-corrected chi connectivity index (χ4v) is 7.09. The van der Waals surface area contributed by atoms with Crippen LogP contribution in [0.2, 0.25) is 5.02 Å². The Morgan fingerprint density at radius 1 is 1.19 bits per heavy atom.